The minimum atomic E-state index is -2.35. The van der Waals surface area contributed by atoms with Gasteiger partial charge in [-0.15, -0.1) is 0 Å². The van der Waals surface area contributed by atoms with Crippen LogP contribution in [0.15, 0.2) is 127 Å². The second-order valence-corrected chi connectivity index (χ2v) is 33.3. The Labute approximate surface area is 681 Å². The molecule has 3 aliphatic heterocycles. The third-order valence-electron chi connectivity index (χ3n) is 24.8. The Kier molecular flexibility index (Phi) is 33.8. The molecule has 7 aliphatic rings. The van der Waals surface area contributed by atoms with E-state index >= 15 is 0 Å². The molecule has 25 atom stereocenters. The van der Waals surface area contributed by atoms with E-state index in [9.17, 15) is 105 Å². The van der Waals surface area contributed by atoms with E-state index in [-0.39, 0.29) is 91.5 Å². The molecule has 16 N–H and O–H groups in total. The number of aromatic nitrogens is 1. The molecule has 0 amide bonds. The predicted molar refractivity (Wildman–Crippen MR) is 427 cm³/mol. The summed E-state index contributed by atoms with van der Waals surface area (Å²) in [6.07, 6.45) is 7.94. The summed E-state index contributed by atoms with van der Waals surface area (Å²) in [4.78, 5) is 86.9. The quantitative estimate of drug-likeness (QED) is 0.0973. The van der Waals surface area contributed by atoms with E-state index in [0.717, 1.165) is 31.3 Å². The lowest BCUT2D eigenvalue weighted by Crippen LogP contribution is -2.61. The van der Waals surface area contributed by atoms with E-state index in [1.54, 1.807) is 101 Å². The molecule has 116 heavy (non-hydrogen) atoms. The van der Waals surface area contributed by atoms with Gasteiger partial charge in [0, 0.05) is 76.9 Å². The number of cyclic esters (lactones) is 1. The van der Waals surface area contributed by atoms with Crippen LogP contribution in [0, 0.1) is 53.3 Å². The van der Waals surface area contributed by atoms with Crippen LogP contribution < -0.4 is 10.5 Å². The Morgan fingerprint density at radius 3 is 2.00 bits per heavy atom. The number of esters is 1. The normalized spacial score (nSPS) is 38.4. The average Bonchev–Trinajstić information content (AvgIpc) is 1.46. The molecule has 640 valence electrons. The highest BCUT2D eigenvalue weighted by molar-refractivity contribution is 6.30. The largest absolute Gasteiger partial charge is 0.497 e. The number of carboxylic acid groups (broad SMARTS) is 2. The number of allylic oxidation sites excluding steroid dienone is 11. The zero-order chi connectivity index (χ0) is 85.5. The number of aliphatic hydroxyl groups excluding tert-OH is 10. The van der Waals surface area contributed by atoms with Crippen molar-refractivity contribution in [3.8, 4) is 5.75 Å². The van der Waals surface area contributed by atoms with Gasteiger partial charge in [-0.1, -0.05) is 118 Å². The van der Waals surface area contributed by atoms with Gasteiger partial charge >= 0.3 is 17.9 Å². The molecule has 2 aromatic carbocycles. The summed E-state index contributed by atoms with van der Waals surface area (Å²) in [5.74, 6) is -7.58. The molecule has 4 heterocycles. The van der Waals surface area contributed by atoms with Crippen LogP contribution in [-0.4, -0.2) is 234 Å². The first-order valence-electron chi connectivity index (χ1n) is 40.1. The number of ether oxygens (including phenoxy) is 5. The first-order chi connectivity index (χ1) is 54.7. The number of benzene rings is 2. The molecule has 2 saturated heterocycles. The summed E-state index contributed by atoms with van der Waals surface area (Å²) in [5, 5.41) is 149. The summed E-state index contributed by atoms with van der Waals surface area (Å²) in [6, 6.07) is 10.7. The number of Topliss-reactive ketones (excluding diaryl/α,β-unsaturated/α-hetero) is 2. The number of fused-ring (bicyclic) bond motifs is 8. The summed E-state index contributed by atoms with van der Waals surface area (Å²) in [5.41, 5.74) is 6.79. The van der Waals surface area contributed by atoms with E-state index in [1.807, 2.05) is 56.4 Å². The van der Waals surface area contributed by atoms with Crippen molar-refractivity contribution in [2.24, 2.45) is 52.1 Å². The standard InChI is InChI=1S/C47H75NO17.C21H28O5.C19H16ClNO4/c1-27-17-15-13-11-9-7-5-6-8-10-12-14-16-18-34(64-46-44(58)41(48)43(57)30(4)63-46)24-38-40(45(59)60)37(54)26-47(61,65-38)25-36(53)35(52)20-19-31(49)21-32(50)22-33(51)23-39(55)62-29(3)28(2)42(27)56;1-19-7-5-13(23)9-12(19)3-4-14-15-6-8-21(26,17(25)11-22)20(15,2)10-16(24)18(14)19;1-11-15(10-18(22)23)16-9-14(25-2)7-8-17(16)21(11)19(24)12-3-5-13(20)6-4-12/h5-6,8,10-18,27-38,40-44,46,49-54,56-58,61H,7,9,19-26,48H2,1-4H3,(H,59,60);9,14-15,18,22,26H,3-8,10-11H2,1-2H3;3-9H,10H2,1-2H3,(H,22,23)/b6-5+,10-8+,13-11+,14-12+,17-15+,18-16+;;/t27-,28-,29-,30+,31+,32+,33+,34-,35+,36+,37-,38-,40+,41-,42+,43+,44-,46-,47+;14-,15-,18+,19-,20-,21-;/m00./s1. The van der Waals surface area contributed by atoms with Gasteiger partial charge in [-0.3, -0.25) is 38.1 Å². The summed E-state index contributed by atoms with van der Waals surface area (Å²) >= 11 is 5.89. The number of aliphatic carboxylic acids is 2. The van der Waals surface area contributed by atoms with Gasteiger partial charge < -0.3 is 101 Å². The highest BCUT2D eigenvalue weighted by Gasteiger charge is 2.68. The van der Waals surface area contributed by atoms with E-state index in [0.29, 0.717) is 64.2 Å². The Bertz CT molecular complexity index is 4110. The highest BCUT2D eigenvalue weighted by Crippen LogP contribution is 2.67. The van der Waals surface area contributed by atoms with Crippen molar-refractivity contribution in [2.75, 3.05) is 13.7 Å². The van der Waals surface area contributed by atoms with Crippen LogP contribution >= 0.6 is 11.6 Å². The summed E-state index contributed by atoms with van der Waals surface area (Å²) < 4.78 is 29.9. The van der Waals surface area contributed by atoms with Crippen molar-refractivity contribution in [2.45, 2.75) is 267 Å². The Morgan fingerprint density at radius 1 is 0.707 bits per heavy atom. The molecule has 0 radical (unpaired) electrons. The number of methoxy groups -OCH3 is 1. The molecule has 5 fully saturated rings. The monoisotopic (exact) mass is 1640 g/mol. The molecule has 10 rings (SSSR count). The number of carbonyl (C=O) groups is 7. The van der Waals surface area contributed by atoms with Gasteiger partial charge in [0.15, 0.2) is 23.6 Å². The fraction of sp³-hybridized carbons (Fsp3) is 0.598. The molecular formula is C87H119ClN2O26. The van der Waals surface area contributed by atoms with Crippen LogP contribution in [0.1, 0.15) is 172 Å². The van der Waals surface area contributed by atoms with E-state index < -0.39 is 170 Å². The number of ketones is 3. The van der Waals surface area contributed by atoms with Gasteiger partial charge in [0.1, 0.15) is 41.9 Å². The third-order valence-corrected chi connectivity index (χ3v) is 25.1. The van der Waals surface area contributed by atoms with Crippen molar-refractivity contribution in [1.82, 2.24) is 4.57 Å². The number of hydrogen-bond donors (Lipinski definition) is 15. The first kappa shape index (κ1) is 94.2. The number of aliphatic hydroxyl groups is 12. The van der Waals surface area contributed by atoms with Gasteiger partial charge in [-0.2, -0.15) is 0 Å². The van der Waals surface area contributed by atoms with E-state index in [4.69, 9.17) is 41.0 Å². The van der Waals surface area contributed by atoms with Gasteiger partial charge in [-0.05, 0) is 163 Å². The number of rotatable bonds is 9. The number of nitrogens with zero attached hydrogens (tertiary/aromatic N) is 1. The zero-order valence-electron chi connectivity index (χ0n) is 67.2. The summed E-state index contributed by atoms with van der Waals surface area (Å²) in [6.45, 7) is 11.8. The zero-order valence-corrected chi connectivity index (χ0v) is 67.9. The number of carboxylic acids is 2. The summed E-state index contributed by atoms with van der Waals surface area (Å²) in [7, 11) is 1.54. The maximum absolute atomic E-state index is 13.3. The fourth-order valence-electron chi connectivity index (χ4n) is 18.0. The lowest BCUT2D eigenvalue weighted by Gasteiger charge is -2.57. The molecule has 4 aliphatic carbocycles. The molecule has 2 bridgehead atoms. The Hall–Kier alpha value is -7.30. The maximum Gasteiger partial charge on any atom is 0.311 e. The van der Waals surface area contributed by atoms with Gasteiger partial charge in [0.2, 0.25) is 0 Å². The molecular weight excluding hydrogens is 1520 g/mol. The fourth-order valence-corrected chi connectivity index (χ4v) is 18.2. The van der Waals surface area contributed by atoms with Crippen molar-refractivity contribution in [3.63, 3.8) is 0 Å². The second kappa shape index (κ2) is 41.6. The van der Waals surface area contributed by atoms with Crippen molar-refractivity contribution < 1.29 is 129 Å². The minimum Gasteiger partial charge on any atom is -0.497 e. The third kappa shape index (κ3) is 23.0. The number of nitrogens with two attached hydrogens (primary N) is 1. The SMILES string of the molecule is COc1ccc2c(c1)c(CC(=O)O)c(C)n2C(=O)c1ccc(Cl)cc1.C[C@@H]1[C@H](O)[C@@H](C)/C=C/C=C/CC/C=C/C=C/C=C/C=C/[C@H](O[C@@H]2O[C@H](C)[C@@H](O)[C@H](N)[C@@H]2O)C[C@@H]2O[C@](O)(C[C@@H](O)[C@H](O)CC[C@@H](O)C[C@@H](O)C[C@@H](O)CC(=O)O[C@H]1C)C[C@H](O)[C@H]2C(=O)O.C[C@]12CCC(=O)C=C1CC[C@@H]1[C@@H]2C(=O)C[C@@]2(C)[C@H]1CC[C@]2(O)C(=O)CO. The Morgan fingerprint density at radius 2 is 1.34 bits per heavy atom. The van der Waals surface area contributed by atoms with Crippen LogP contribution in [0.3, 0.4) is 0 Å². The second-order valence-electron chi connectivity index (χ2n) is 32.9. The highest BCUT2D eigenvalue weighted by atomic mass is 35.5. The van der Waals surface area contributed by atoms with Gasteiger partial charge in [-0.25, -0.2) is 0 Å². The first-order valence-corrected chi connectivity index (χ1v) is 40.4. The molecule has 28 nitrogen and oxygen atoms in total. The topological polar surface area (TPSA) is 480 Å². The van der Waals surface area contributed by atoms with Crippen LogP contribution in [0.25, 0.3) is 10.9 Å². The van der Waals surface area contributed by atoms with Crippen LogP contribution in [0.2, 0.25) is 5.02 Å². The number of carbonyl (C=O) groups excluding carboxylic acids is 5. The van der Waals surface area contributed by atoms with Gasteiger partial charge in [0.05, 0.1) is 98.7 Å². The molecule has 1 aromatic heterocycles. The van der Waals surface area contributed by atoms with E-state index in [2.05, 4.69) is 6.92 Å². The maximum atomic E-state index is 13.3. The smallest absolute Gasteiger partial charge is 0.311 e. The molecule has 3 aromatic rings. The van der Waals surface area contributed by atoms with Gasteiger partial charge in [0.25, 0.3) is 5.91 Å². The molecule has 29 heteroatoms. The number of halogens is 1. The Balaban J connectivity index is 0.000000264. The minimum absolute atomic E-state index is 0.0988. The average molecular weight is 1640 g/mol. The van der Waals surface area contributed by atoms with E-state index in [1.165, 1.54) is 17.6 Å². The molecule has 0 spiro atoms. The number of hydrogen-bond acceptors (Lipinski definition) is 25. The lowest BCUT2D eigenvalue weighted by atomic mass is 9.46. The molecule has 3 saturated carbocycles. The van der Waals surface area contributed by atoms with Crippen molar-refractivity contribution in [1.29, 1.82) is 0 Å². The van der Waals surface area contributed by atoms with Crippen LogP contribution in [0.4, 0.5) is 0 Å². The predicted octanol–water partition coefficient (Wildman–Crippen LogP) is 6.85. The lowest BCUT2D eigenvalue weighted by molar-refractivity contribution is -0.310. The van der Waals surface area contributed by atoms with Crippen molar-refractivity contribution in [3.05, 3.63) is 149 Å². The molecule has 0 unspecified atom stereocenters. The van der Waals surface area contributed by atoms with Crippen molar-refractivity contribution >= 4 is 63.7 Å². The van der Waals surface area contributed by atoms with Crippen LogP contribution in [0.5, 0.6) is 5.75 Å². The van der Waals surface area contributed by atoms with Crippen LogP contribution in [-0.2, 0) is 54.1 Å².